The second kappa shape index (κ2) is 7.60. The van der Waals surface area contributed by atoms with Crippen LogP contribution < -0.4 is 0 Å². The van der Waals surface area contributed by atoms with E-state index in [0.29, 0.717) is 6.54 Å². The third kappa shape index (κ3) is 5.31. The molecule has 124 valence electrons. The monoisotopic (exact) mass is 318 g/mol. The zero-order valence-corrected chi connectivity index (χ0v) is 12.9. The molecule has 1 aromatic carbocycles. The van der Waals surface area contributed by atoms with Gasteiger partial charge in [0.15, 0.2) is 0 Å². The van der Waals surface area contributed by atoms with Crippen LogP contribution in [0.1, 0.15) is 24.2 Å². The van der Waals surface area contributed by atoms with Crippen molar-refractivity contribution in [1.29, 1.82) is 0 Å². The molecule has 0 aliphatic heterocycles. The molecule has 1 rings (SSSR count). The Labute approximate surface area is 128 Å². The lowest BCUT2D eigenvalue weighted by atomic mass is 10.1. The molecule has 0 fully saturated rings. The highest BCUT2D eigenvalue weighted by atomic mass is 19.4. The maximum Gasteiger partial charge on any atom is 0.416 e. The number of rotatable bonds is 6. The Kier molecular flexibility index (Phi) is 6.37. The summed E-state index contributed by atoms with van der Waals surface area (Å²) in [6, 6.07) is 4.61. The minimum Gasteiger partial charge on any atom is -0.387 e. The van der Waals surface area contributed by atoms with Crippen LogP contribution >= 0.6 is 0 Å². The van der Waals surface area contributed by atoms with E-state index in [1.807, 2.05) is 6.92 Å². The lowest BCUT2D eigenvalue weighted by Gasteiger charge is -2.25. The zero-order valence-electron chi connectivity index (χ0n) is 12.9. The van der Waals surface area contributed by atoms with Gasteiger partial charge < -0.3 is 10.0 Å². The van der Waals surface area contributed by atoms with Gasteiger partial charge in [0.1, 0.15) is 0 Å². The summed E-state index contributed by atoms with van der Waals surface area (Å²) < 4.78 is 38.0. The predicted molar refractivity (Wildman–Crippen MR) is 77.2 cm³/mol. The maximum absolute atomic E-state index is 12.7. The number of alkyl halides is 3. The van der Waals surface area contributed by atoms with Crippen molar-refractivity contribution in [2.24, 2.45) is 0 Å². The summed E-state index contributed by atoms with van der Waals surface area (Å²) in [5, 5.41) is 10.1. The van der Waals surface area contributed by atoms with Crippen LogP contribution in [0, 0.1) is 0 Å². The van der Waals surface area contributed by atoms with Gasteiger partial charge in [0.25, 0.3) is 0 Å². The molecule has 0 bridgehead atoms. The number of hydrogen-bond donors (Lipinski definition) is 1. The Balaban J connectivity index is 2.79. The van der Waals surface area contributed by atoms with Crippen molar-refractivity contribution in [3.8, 4) is 0 Å². The second-order valence-corrected chi connectivity index (χ2v) is 5.25. The largest absolute Gasteiger partial charge is 0.416 e. The SMILES string of the molecule is CCN(CC(=O)N(C)C)C[C@H](O)c1cccc(C(F)(F)F)c1. The molecule has 7 heteroatoms. The third-order valence-corrected chi connectivity index (χ3v) is 3.33. The Morgan fingerprint density at radius 1 is 1.32 bits per heavy atom. The van der Waals surface area contributed by atoms with E-state index in [1.165, 1.54) is 17.0 Å². The average Bonchev–Trinajstić information content (AvgIpc) is 2.45. The first kappa shape index (κ1) is 18.4. The smallest absolute Gasteiger partial charge is 0.387 e. The molecule has 0 aromatic heterocycles. The van der Waals surface area contributed by atoms with Crippen molar-refractivity contribution < 1.29 is 23.1 Å². The van der Waals surface area contributed by atoms with Gasteiger partial charge in [-0.05, 0) is 24.2 Å². The van der Waals surface area contributed by atoms with Crippen LogP contribution in [0.25, 0.3) is 0 Å². The number of halogens is 3. The molecule has 22 heavy (non-hydrogen) atoms. The van der Waals surface area contributed by atoms with Gasteiger partial charge in [0, 0.05) is 20.6 Å². The van der Waals surface area contributed by atoms with Crippen LogP contribution in [-0.2, 0) is 11.0 Å². The van der Waals surface area contributed by atoms with Crippen LogP contribution in [0.3, 0.4) is 0 Å². The topological polar surface area (TPSA) is 43.8 Å². The summed E-state index contributed by atoms with van der Waals surface area (Å²) in [6.45, 7) is 2.54. The highest BCUT2D eigenvalue weighted by Crippen LogP contribution is 2.30. The Morgan fingerprint density at radius 3 is 2.45 bits per heavy atom. The molecule has 1 atom stereocenters. The number of aliphatic hydroxyl groups excluding tert-OH is 1. The number of likely N-dealkylation sites (N-methyl/N-ethyl adjacent to an activating group) is 2. The van der Waals surface area contributed by atoms with Crippen LogP contribution in [0.2, 0.25) is 0 Å². The molecule has 0 aliphatic rings. The molecule has 0 heterocycles. The first-order chi connectivity index (χ1) is 10.1. The zero-order chi connectivity index (χ0) is 16.9. The molecule has 0 radical (unpaired) electrons. The van der Waals surface area contributed by atoms with Gasteiger partial charge in [-0.1, -0.05) is 19.1 Å². The van der Waals surface area contributed by atoms with Gasteiger partial charge in [-0.15, -0.1) is 0 Å². The predicted octanol–water partition coefficient (Wildman–Crippen LogP) is 2.15. The second-order valence-electron chi connectivity index (χ2n) is 5.25. The fourth-order valence-corrected chi connectivity index (χ4v) is 1.91. The Hall–Kier alpha value is -1.60. The third-order valence-electron chi connectivity index (χ3n) is 3.33. The van der Waals surface area contributed by atoms with Crippen molar-refractivity contribution in [2.45, 2.75) is 19.2 Å². The van der Waals surface area contributed by atoms with Crippen LogP contribution in [0.15, 0.2) is 24.3 Å². The summed E-state index contributed by atoms with van der Waals surface area (Å²) in [7, 11) is 3.25. The number of amides is 1. The minimum atomic E-state index is -4.44. The van der Waals surface area contributed by atoms with Gasteiger partial charge in [-0.25, -0.2) is 0 Å². The first-order valence-electron chi connectivity index (χ1n) is 6.92. The van der Waals surface area contributed by atoms with E-state index in [1.54, 1.807) is 19.0 Å². The molecule has 0 aliphatic carbocycles. The molecule has 1 amide bonds. The number of hydrogen-bond acceptors (Lipinski definition) is 3. The van der Waals surface area contributed by atoms with Crippen molar-refractivity contribution in [3.05, 3.63) is 35.4 Å². The molecule has 0 saturated carbocycles. The van der Waals surface area contributed by atoms with E-state index in [9.17, 15) is 23.1 Å². The standard InChI is InChI=1S/C15H21F3N2O2/c1-4-20(10-14(22)19(2)3)9-13(21)11-6-5-7-12(8-11)15(16,17)18/h5-8,13,21H,4,9-10H2,1-3H3/t13-/m0/s1. The summed E-state index contributed by atoms with van der Waals surface area (Å²) in [6.07, 6.45) is -5.53. The van der Waals surface area contributed by atoms with Gasteiger partial charge in [0.05, 0.1) is 18.2 Å². The quantitative estimate of drug-likeness (QED) is 0.874. The molecule has 0 spiro atoms. The van der Waals surface area contributed by atoms with E-state index in [0.717, 1.165) is 12.1 Å². The molecule has 1 aromatic rings. The van der Waals surface area contributed by atoms with Crippen molar-refractivity contribution >= 4 is 5.91 Å². The Morgan fingerprint density at radius 2 is 1.95 bits per heavy atom. The van der Waals surface area contributed by atoms with E-state index in [4.69, 9.17) is 0 Å². The summed E-state index contributed by atoms with van der Waals surface area (Å²) in [4.78, 5) is 14.8. The molecule has 0 unspecified atom stereocenters. The van der Waals surface area contributed by atoms with Crippen molar-refractivity contribution in [1.82, 2.24) is 9.80 Å². The average molecular weight is 318 g/mol. The first-order valence-corrected chi connectivity index (χ1v) is 6.92. The molecule has 4 nitrogen and oxygen atoms in total. The van der Waals surface area contributed by atoms with Crippen molar-refractivity contribution in [3.63, 3.8) is 0 Å². The van der Waals surface area contributed by atoms with E-state index in [-0.39, 0.29) is 24.6 Å². The number of aliphatic hydroxyl groups is 1. The highest BCUT2D eigenvalue weighted by Gasteiger charge is 2.31. The van der Waals surface area contributed by atoms with Gasteiger partial charge in [-0.3, -0.25) is 9.69 Å². The van der Waals surface area contributed by atoms with Gasteiger partial charge >= 0.3 is 6.18 Å². The van der Waals surface area contributed by atoms with E-state index in [2.05, 4.69) is 0 Å². The molecule has 1 N–H and O–H groups in total. The van der Waals surface area contributed by atoms with Crippen molar-refractivity contribution in [2.75, 3.05) is 33.7 Å². The fourth-order valence-electron chi connectivity index (χ4n) is 1.91. The fraction of sp³-hybridized carbons (Fsp3) is 0.533. The van der Waals surface area contributed by atoms with Crippen LogP contribution in [-0.4, -0.2) is 54.5 Å². The summed E-state index contributed by atoms with van der Waals surface area (Å²) in [5.74, 6) is -0.127. The highest BCUT2D eigenvalue weighted by molar-refractivity contribution is 5.77. The van der Waals surface area contributed by atoms with Crippen LogP contribution in [0.5, 0.6) is 0 Å². The lowest BCUT2D eigenvalue weighted by Crippen LogP contribution is -2.38. The summed E-state index contributed by atoms with van der Waals surface area (Å²) in [5.41, 5.74) is -0.609. The van der Waals surface area contributed by atoms with E-state index < -0.39 is 17.8 Å². The van der Waals surface area contributed by atoms with Gasteiger partial charge in [-0.2, -0.15) is 13.2 Å². The minimum absolute atomic E-state index is 0.0946. The molecular weight excluding hydrogens is 297 g/mol. The van der Waals surface area contributed by atoms with Crippen LogP contribution in [0.4, 0.5) is 13.2 Å². The number of carbonyl (C=O) groups excluding carboxylic acids is 1. The number of nitrogens with zero attached hydrogens (tertiary/aromatic N) is 2. The Bertz CT molecular complexity index is 504. The molecule has 0 saturated heterocycles. The number of carbonyl (C=O) groups is 1. The number of benzene rings is 1. The lowest BCUT2D eigenvalue weighted by molar-refractivity contribution is -0.137. The normalized spacial score (nSPS) is 13.3. The van der Waals surface area contributed by atoms with E-state index >= 15 is 0 Å². The maximum atomic E-state index is 12.7. The molecular formula is C15H21F3N2O2. The van der Waals surface area contributed by atoms with Gasteiger partial charge in [0.2, 0.25) is 5.91 Å². The summed E-state index contributed by atoms with van der Waals surface area (Å²) >= 11 is 0.